The van der Waals surface area contributed by atoms with Crippen molar-refractivity contribution in [3.63, 3.8) is 0 Å². The van der Waals surface area contributed by atoms with Crippen LogP contribution in [0, 0.1) is 6.92 Å². The molecule has 1 amide bonds. The van der Waals surface area contributed by atoms with Gasteiger partial charge in [0.25, 0.3) is 5.91 Å². The topological polar surface area (TPSA) is 50.7 Å². The molecular formula is C18H15ClN2O2S. The number of amidine groups is 1. The molecule has 1 aliphatic heterocycles. The summed E-state index contributed by atoms with van der Waals surface area (Å²) in [5.41, 5.74) is 2.72. The van der Waals surface area contributed by atoms with Crippen LogP contribution in [0.3, 0.4) is 0 Å². The summed E-state index contributed by atoms with van der Waals surface area (Å²) in [5, 5.41) is 3.82. The molecule has 1 fully saturated rings. The van der Waals surface area contributed by atoms with Crippen LogP contribution in [0.1, 0.15) is 11.1 Å². The minimum atomic E-state index is -0.166. The Bertz CT molecular complexity index is 845. The van der Waals surface area contributed by atoms with Gasteiger partial charge < -0.3 is 10.1 Å². The van der Waals surface area contributed by atoms with Crippen molar-refractivity contribution in [2.24, 2.45) is 4.99 Å². The molecule has 0 bridgehead atoms. The average Bonchev–Trinajstić information content (AvgIpc) is 2.89. The van der Waals surface area contributed by atoms with Gasteiger partial charge in [0.05, 0.1) is 12.0 Å². The molecule has 24 heavy (non-hydrogen) atoms. The number of ether oxygens (including phenoxy) is 1. The first-order valence-electron chi connectivity index (χ1n) is 7.25. The number of benzene rings is 2. The first-order chi connectivity index (χ1) is 11.5. The van der Waals surface area contributed by atoms with Gasteiger partial charge in [0, 0.05) is 5.02 Å². The molecular weight excluding hydrogens is 344 g/mol. The summed E-state index contributed by atoms with van der Waals surface area (Å²) >= 11 is 7.30. The van der Waals surface area contributed by atoms with Gasteiger partial charge in [0.1, 0.15) is 11.4 Å². The fourth-order valence-corrected chi connectivity index (χ4v) is 3.16. The van der Waals surface area contributed by atoms with Crippen molar-refractivity contribution >= 4 is 46.2 Å². The number of hydrogen-bond acceptors (Lipinski definition) is 4. The highest BCUT2D eigenvalue weighted by Gasteiger charge is 2.24. The van der Waals surface area contributed by atoms with Gasteiger partial charge in [-0.25, -0.2) is 4.99 Å². The van der Waals surface area contributed by atoms with Crippen molar-refractivity contribution in [1.29, 1.82) is 0 Å². The lowest BCUT2D eigenvalue weighted by Gasteiger charge is -2.05. The zero-order chi connectivity index (χ0) is 17.1. The maximum atomic E-state index is 12.1. The maximum Gasteiger partial charge on any atom is 0.264 e. The Labute approximate surface area is 149 Å². The van der Waals surface area contributed by atoms with Crippen LogP contribution in [0.15, 0.2) is 52.4 Å². The number of nitrogens with zero attached hydrogens (tertiary/aromatic N) is 1. The van der Waals surface area contributed by atoms with E-state index in [2.05, 4.69) is 10.3 Å². The number of amides is 1. The molecule has 0 saturated carbocycles. The highest BCUT2D eigenvalue weighted by atomic mass is 35.5. The van der Waals surface area contributed by atoms with E-state index in [1.54, 1.807) is 25.3 Å². The van der Waals surface area contributed by atoms with E-state index in [1.807, 2.05) is 37.3 Å². The van der Waals surface area contributed by atoms with Gasteiger partial charge in [-0.05, 0) is 48.5 Å². The van der Waals surface area contributed by atoms with Crippen LogP contribution in [-0.4, -0.2) is 18.2 Å². The number of halogens is 1. The third-order valence-corrected chi connectivity index (χ3v) is 4.53. The van der Waals surface area contributed by atoms with Crippen molar-refractivity contribution in [1.82, 2.24) is 5.32 Å². The van der Waals surface area contributed by atoms with E-state index in [-0.39, 0.29) is 5.91 Å². The van der Waals surface area contributed by atoms with E-state index in [4.69, 9.17) is 16.3 Å². The summed E-state index contributed by atoms with van der Waals surface area (Å²) in [5.74, 6) is 0.429. The molecule has 0 spiro atoms. The van der Waals surface area contributed by atoms with E-state index in [0.29, 0.717) is 26.5 Å². The number of aliphatic imine (C=N–C) groups is 1. The van der Waals surface area contributed by atoms with Crippen LogP contribution in [0.5, 0.6) is 5.75 Å². The van der Waals surface area contributed by atoms with Gasteiger partial charge in [0.15, 0.2) is 5.17 Å². The third-order valence-electron chi connectivity index (χ3n) is 3.39. The number of nitrogens with one attached hydrogen (secondary N) is 1. The summed E-state index contributed by atoms with van der Waals surface area (Å²) in [4.78, 5) is 17.2. The molecule has 0 radical (unpaired) electrons. The maximum absolute atomic E-state index is 12.1. The zero-order valence-electron chi connectivity index (χ0n) is 13.2. The number of hydrogen-bond donors (Lipinski definition) is 1. The highest BCUT2D eigenvalue weighted by molar-refractivity contribution is 8.18. The van der Waals surface area contributed by atoms with Crippen LogP contribution < -0.4 is 10.1 Å². The Morgan fingerprint density at radius 3 is 2.67 bits per heavy atom. The molecule has 1 N–H and O–H groups in total. The first-order valence-corrected chi connectivity index (χ1v) is 8.44. The van der Waals surface area contributed by atoms with Crippen molar-refractivity contribution in [2.45, 2.75) is 6.92 Å². The fourth-order valence-electron chi connectivity index (χ4n) is 2.15. The Balaban J connectivity index is 1.87. The van der Waals surface area contributed by atoms with Gasteiger partial charge in [-0.1, -0.05) is 41.4 Å². The molecule has 0 aromatic heterocycles. The van der Waals surface area contributed by atoms with E-state index in [9.17, 15) is 4.79 Å². The summed E-state index contributed by atoms with van der Waals surface area (Å²) < 4.78 is 5.27. The normalized spacial score (nSPS) is 17.4. The summed E-state index contributed by atoms with van der Waals surface area (Å²) in [7, 11) is 1.57. The van der Waals surface area contributed by atoms with E-state index in [1.165, 1.54) is 17.3 Å². The quantitative estimate of drug-likeness (QED) is 0.819. The number of carbonyl (C=O) groups is 1. The molecule has 0 unspecified atom stereocenters. The number of methoxy groups -OCH3 is 1. The molecule has 0 aliphatic carbocycles. The largest absolute Gasteiger partial charge is 0.494 e. The number of rotatable bonds is 3. The SMILES string of the molecule is COc1ccc(Cl)cc1N=C1NC(=O)/C(=C/c2ccc(C)cc2)S1. The van der Waals surface area contributed by atoms with Crippen molar-refractivity contribution < 1.29 is 9.53 Å². The van der Waals surface area contributed by atoms with Crippen LogP contribution in [-0.2, 0) is 4.79 Å². The van der Waals surface area contributed by atoms with Crippen LogP contribution in [0.25, 0.3) is 6.08 Å². The summed E-state index contributed by atoms with van der Waals surface area (Å²) in [6.07, 6.45) is 1.84. The van der Waals surface area contributed by atoms with Gasteiger partial charge in [0.2, 0.25) is 0 Å². The third kappa shape index (κ3) is 3.80. The van der Waals surface area contributed by atoms with E-state index in [0.717, 1.165) is 5.56 Å². The second kappa shape index (κ2) is 7.11. The minimum absolute atomic E-state index is 0.166. The standard InChI is InChI=1S/C18H15ClN2O2S/c1-11-3-5-12(6-4-11)9-16-17(22)21-18(24-16)20-14-10-13(19)7-8-15(14)23-2/h3-10H,1-2H3,(H,20,21,22)/b16-9-. The molecule has 1 heterocycles. The zero-order valence-corrected chi connectivity index (χ0v) is 14.7. The van der Waals surface area contributed by atoms with Crippen LogP contribution >= 0.6 is 23.4 Å². The lowest BCUT2D eigenvalue weighted by Crippen LogP contribution is -2.19. The number of thioether (sulfide) groups is 1. The van der Waals surface area contributed by atoms with E-state index < -0.39 is 0 Å². The lowest BCUT2D eigenvalue weighted by atomic mass is 10.1. The van der Waals surface area contributed by atoms with Crippen molar-refractivity contribution in [3.05, 3.63) is 63.5 Å². The van der Waals surface area contributed by atoms with Gasteiger partial charge in [-0.3, -0.25) is 4.79 Å². The first kappa shape index (κ1) is 16.6. The summed E-state index contributed by atoms with van der Waals surface area (Å²) in [6.45, 7) is 2.02. The van der Waals surface area contributed by atoms with Gasteiger partial charge in [-0.2, -0.15) is 0 Å². The lowest BCUT2D eigenvalue weighted by molar-refractivity contribution is -0.115. The number of aryl methyl sites for hydroxylation is 1. The molecule has 0 atom stereocenters. The Morgan fingerprint density at radius 2 is 1.96 bits per heavy atom. The molecule has 2 aromatic carbocycles. The van der Waals surface area contributed by atoms with Crippen molar-refractivity contribution in [3.8, 4) is 5.75 Å². The molecule has 1 aliphatic rings. The summed E-state index contributed by atoms with van der Waals surface area (Å²) in [6, 6.07) is 13.1. The van der Waals surface area contributed by atoms with Crippen LogP contribution in [0.2, 0.25) is 5.02 Å². The predicted octanol–water partition coefficient (Wildman–Crippen LogP) is 4.55. The second-order valence-electron chi connectivity index (χ2n) is 5.21. The molecule has 4 nitrogen and oxygen atoms in total. The van der Waals surface area contributed by atoms with Crippen LogP contribution in [0.4, 0.5) is 5.69 Å². The molecule has 3 rings (SSSR count). The Hall–Kier alpha value is -2.24. The molecule has 122 valence electrons. The molecule has 1 saturated heterocycles. The van der Waals surface area contributed by atoms with Gasteiger partial charge in [-0.15, -0.1) is 0 Å². The van der Waals surface area contributed by atoms with Crippen molar-refractivity contribution in [2.75, 3.05) is 7.11 Å². The minimum Gasteiger partial charge on any atom is -0.494 e. The Morgan fingerprint density at radius 1 is 1.21 bits per heavy atom. The smallest absolute Gasteiger partial charge is 0.264 e. The predicted molar refractivity (Wildman–Crippen MR) is 100.0 cm³/mol. The fraction of sp³-hybridized carbons (Fsp3) is 0.111. The monoisotopic (exact) mass is 358 g/mol. The highest BCUT2D eigenvalue weighted by Crippen LogP contribution is 2.34. The average molecular weight is 359 g/mol. The molecule has 2 aromatic rings. The molecule has 6 heteroatoms. The number of carbonyl (C=O) groups excluding carboxylic acids is 1. The van der Waals surface area contributed by atoms with E-state index >= 15 is 0 Å². The van der Waals surface area contributed by atoms with Gasteiger partial charge >= 0.3 is 0 Å². The Kier molecular flexibility index (Phi) is 4.92. The second-order valence-corrected chi connectivity index (χ2v) is 6.68.